The highest BCUT2D eigenvalue weighted by Crippen LogP contribution is 2.55. The van der Waals surface area contributed by atoms with Gasteiger partial charge < -0.3 is 19.3 Å². The number of ether oxygens (including phenoxy) is 3. The molecule has 3 aliphatic rings. The van der Waals surface area contributed by atoms with Crippen molar-refractivity contribution in [2.45, 2.75) is 58.7 Å². The first-order valence-corrected chi connectivity index (χ1v) is 8.21. The zero-order valence-electron chi connectivity index (χ0n) is 13.6. The summed E-state index contributed by atoms with van der Waals surface area (Å²) in [5.41, 5.74) is 0.311. The number of carbonyl (C=O) groups is 1. The molecule has 1 aliphatic carbocycles. The summed E-state index contributed by atoms with van der Waals surface area (Å²) in [5, 5.41) is 10.1. The molecule has 0 radical (unpaired) electrons. The minimum absolute atomic E-state index is 0.0201. The van der Waals surface area contributed by atoms with Crippen molar-refractivity contribution in [2.75, 3.05) is 6.61 Å². The van der Waals surface area contributed by atoms with Crippen molar-refractivity contribution in [2.24, 2.45) is 23.2 Å². The standard InChI is InChI=1S/C17H26O5/c1-5-20-16-17(4)8-11-10(3)15(19)21-13(11)6-9(2)12(17)7-14(18)22-16/h9,11-14,16,18H,3,5-8H2,1-2,4H3/t9-,11+,12-,13+,14+,16-,17+/m0/s1. The van der Waals surface area contributed by atoms with E-state index < -0.39 is 12.6 Å². The van der Waals surface area contributed by atoms with Gasteiger partial charge in [0.25, 0.3) is 0 Å². The number of fused-ring (bicyclic) bond motifs is 2. The van der Waals surface area contributed by atoms with Crippen LogP contribution in [0.4, 0.5) is 0 Å². The molecule has 0 aromatic carbocycles. The number of hydrogen-bond acceptors (Lipinski definition) is 5. The molecule has 2 saturated heterocycles. The number of esters is 1. The topological polar surface area (TPSA) is 65.0 Å². The van der Waals surface area contributed by atoms with Crippen LogP contribution in [0.25, 0.3) is 0 Å². The highest BCUT2D eigenvalue weighted by molar-refractivity contribution is 5.90. The van der Waals surface area contributed by atoms with E-state index in [9.17, 15) is 9.90 Å². The summed E-state index contributed by atoms with van der Waals surface area (Å²) >= 11 is 0. The van der Waals surface area contributed by atoms with Gasteiger partial charge in [-0.15, -0.1) is 0 Å². The zero-order chi connectivity index (χ0) is 16.1. The van der Waals surface area contributed by atoms with Crippen molar-refractivity contribution in [3.63, 3.8) is 0 Å². The molecule has 1 N–H and O–H groups in total. The smallest absolute Gasteiger partial charge is 0.334 e. The Kier molecular flexibility index (Phi) is 4.08. The molecule has 3 rings (SSSR count). The second-order valence-corrected chi connectivity index (χ2v) is 7.22. The molecule has 0 unspecified atom stereocenters. The number of aliphatic hydroxyl groups is 1. The maximum absolute atomic E-state index is 11.9. The van der Waals surface area contributed by atoms with Gasteiger partial charge in [0.05, 0.1) is 0 Å². The van der Waals surface area contributed by atoms with E-state index in [0.29, 0.717) is 24.5 Å². The fourth-order valence-corrected chi connectivity index (χ4v) is 4.67. The van der Waals surface area contributed by atoms with Crippen LogP contribution in [0.3, 0.4) is 0 Å². The maximum atomic E-state index is 11.9. The number of carbonyl (C=O) groups excluding carboxylic acids is 1. The van der Waals surface area contributed by atoms with Crippen LogP contribution in [-0.4, -0.2) is 36.4 Å². The first kappa shape index (κ1) is 16.0. The van der Waals surface area contributed by atoms with Gasteiger partial charge in [-0.2, -0.15) is 0 Å². The van der Waals surface area contributed by atoms with E-state index in [1.165, 1.54) is 0 Å². The summed E-state index contributed by atoms with van der Waals surface area (Å²) in [5.74, 6) is 0.339. The van der Waals surface area contributed by atoms with Gasteiger partial charge in [-0.3, -0.25) is 0 Å². The third kappa shape index (κ3) is 2.39. The van der Waals surface area contributed by atoms with Gasteiger partial charge in [0.2, 0.25) is 0 Å². The van der Waals surface area contributed by atoms with E-state index >= 15 is 0 Å². The molecule has 3 fully saturated rings. The summed E-state index contributed by atoms with van der Waals surface area (Å²) in [6.07, 6.45) is 0.797. The molecule has 124 valence electrons. The molecule has 0 spiro atoms. The van der Waals surface area contributed by atoms with E-state index in [-0.39, 0.29) is 29.3 Å². The molecule has 0 aromatic heterocycles. The molecule has 0 aromatic rings. The number of rotatable bonds is 2. The molecule has 0 amide bonds. The lowest BCUT2D eigenvalue weighted by Crippen LogP contribution is -2.52. The van der Waals surface area contributed by atoms with E-state index in [4.69, 9.17) is 14.2 Å². The van der Waals surface area contributed by atoms with E-state index in [1.54, 1.807) is 0 Å². The predicted octanol–water partition coefficient (Wildman–Crippen LogP) is 2.24. The van der Waals surface area contributed by atoms with Gasteiger partial charge in [-0.25, -0.2) is 4.79 Å². The summed E-state index contributed by atoms with van der Waals surface area (Å²) < 4.78 is 17.0. The van der Waals surface area contributed by atoms with Crippen molar-refractivity contribution in [3.8, 4) is 0 Å². The SMILES string of the molecule is C=C1C(=O)O[C@@H]2C[C@H](C)[C@@H]3C[C@H](O)O[C@H](OCC)[C@]3(C)C[C@H]12. The molecule has 0 bridgehead atoms. The van der Waals surface area contributed by atoms with Crippen LogP contribution < -0.4 is 0 Å². The average Bonchev–Trinajstić information content (AvgIpc) is 2.64. The van der Waals surface area contributed by atoms with Crippen molar-refractivity contribution < 1.29 is 24.1 Å². The van der Waals surface area contributed by atoms with Crippen LogP contribution in [0, 0.1) is 23.2 Å². The molecule has 2 aliphatic heterocycles. The molecular weight excluding hydrogens is 284 g/mol. The fourth-order valence-electron chi connectivity index (χ4n) is 4.67. The minimum Gasteiger partial charge on any atom is -0.458 e. The first-order valence-electron chi connectivity index (χ1n) is 8.21. The molecule has 5 heteroatoms. The molecule has 2 heterocycles. The Bertz CT molecular complexity index is 476. The average molecular weight is 310 g/mol. The quantitative estimate of drug-likeness (QED) is 0.626. The van der Waals surface area contributed by atoms with Crippen LogP contribution in [0.2, 0.25) is 0 Å². The highest BCUT2D eigenvalue weighted by atomic mass is 16.7. The van der Waals surface area contributed by atoms with Crippen molar-refractivity contribution in [1.82, 2.24) is 0 Å². The first-order chi connectivity index (χ1) is 10.4. The van der Waals surface area contributed by atoms with Crippen molar-refractivity contribution in [3.05, 3.63) is 12.2 Å². The zero-order valence-corrected chi connectivity index (χ0v) is 13.6. The van der Waals surface area contributed by atoms with Crippen LogP contribution in [0.15, 0.2) is 12.2 Å². The third-order valence-corrected chi connectivity index (χ3v) is 5.81. The van der Waals surface area contributed by atoms with Gasteiger partial charge >= 0.3 is 5.97 Å². The van der Waals surface area contributed by atoms with E-state index in [0.717, 1.165) is 12.8 Å². The summed E-state index contributed by atoms with van der Waals surface area (Å²) in [4.78, 5) is 11.9. The van der Waals surface area contributed by atoms with Gasteiger partial charge in [-0.1, -0.05) is 20.4 Å². The lowest BCUT2D eigenvalue weighted by molar-refractivity contribution is -0.318. The Hall–Kier alpha value is -0.910. The summed E-state index contributed by atoms with van der Waals surface area (Å²) in [6, 6.07) is 0. The van der Waals surface area contributed by atoms with Crippen molar-refractivity contribution in [1.29, 1.82) is 0 Å². The molecule has 1 saturated carbocycles. The monoisotopic (exact) mass is 310 g/mol. The molecule has 22 heavy (non-hydrogen) atoms. The summed E-state index contributed by atoms with van der Waals surface area (Å²) in [7, 11) is 0. The van der Waals surface area contributed by atoms with Crippen LogP contribution in [0.1, 0.15) is 40.0 Å². The van der Waals surface area contributed by atoms with Gasteiger partial charge in [0, 0.05) is 29.9 Å². The lowest BCUT2D eigenvalue weighted by Gasteiger charge is -2.49. The Labute approximate surface area is 131 Å². The van der Waals surface area contributed by atoms with E-state index in [1.807, 2.05) is 6.92 Å². The molecule has 7 atom stereocenters. The van der Waals surface area contributed by atoms with Crippen molar-refractivity contribution >= 4 is 5.97 Å². The third-order valence-electron chi connectivity index (χ3n) is 5.81. The van der Waals surface area contributed by atoms with Crippen LogP contribution in [0.5, 0.6) is 0 Å². The lowest BCUT2D eigenvalue weighted by atomic mass is 9.65. The number of aliphatic hydroxyl groups excluding tert-OH is 1. The van der Waals surface area contributed by atoms with Crippen LogP contribution >= 0.6 is 0 Å². The Morgan fingerprint density at radius 3 is 2.86 bits per heavy atom. The predicted molar refractivity (Wildman–Crippen MR) is 79.6 cm³/mol. The fraction of sp³-hybridized carbons (Fsp3) is 0.824. The molecular formula is C17H26O5. The Morgan fingerprint density at radius 2 is 2.18 bits per heavy atom. The minimum atomic E-state index is -0.791. The Balaban J connectivity index is 1.95. The summed E-state index contributed by atoms with van der Waals surface area (Å²) in [6.45, 7) is 10.7. The maximum Gasteiger partial charge on any atom is 0.334 e. The van der Waals surface area contributed by atoms with Gasteiger partial charge in [0.15, 0.2) is 12.6 Å². The second-order valence-electron chi connectivity index (χ2n) is 7.22. The largest absolute Gasteiger partial charge is 0.458 e. The molecule has 5 nitrogen and oxygen atoms in total. The number of hydrogen-bond donors (Lipinski definition) is 1. The van der Waals surface area contributed by atoms with Gasteiger partial charge in [-0.05, 0) is 31.6 Å². The van der Waals surface area contributed by atoms with Gasteiger partial charge in [0.1, 0.15) is 6.10 Å². The van der Waals surface area contributed by atoms with Crippen LogP contribution in [-0.2, 0) is 19.0 Å². The van der Waals surface area contributed by atoms with E-state index in [2.05, 4.69) is 20.4 Å². The second kappa shape index (κ2) is 5.62. The normalized spacial score (nSPS) is 48.4. The highest BCUT2D eigenvalue weighted by Gasteiger charge is 2.56. The Morgan fingerprint density at radius 1 is 1.45 bits per heavy atom.